The van der Waals surface area contributed by atoms with Gasteiger partial charge in [-0.25, -0.2) is 13.5 Å². The van der Waals surface area contributed by atoms with Crippen LogP contribution >= 0.6 is 0 Å². The largest absolute Gasteiger partial charge is 0.384 e. The molecule has 2 aromatic heterocycles. The van der Waals surface area contributed by atoms with E-state index < -0.39 is 0 Å². The maximum atomic E-state index is 13.4. The molecule has 0 aliphatic heterocycles. The van der Waals surface area contributed by atoms with E-state index in [1.54, 1.807) is 24.4 Å². The average molecular weight is 404 g/mol. The molecule has 0 unspecified atom stereocenters. The number of aryl methyl sites for hydroxylation is 1. The molecular weight excluding hydrogens is 386 g/mol. The summed E-state index contributed by atoms with van der Waals surface area (Å²) in [6.07, 6.45) is 2.86. The summed E-state index contributed by atoms with van der Waals surface area (Å²) >= 11 is 0. The number of nitrogen functional groups attached to an aromatic ring is 1. The predicted octanol–water partition coefficient (Wildman–Crippen LogP) is 4.20. The fraction of sp³-hybridized carbons (Fsp3) is 0.136. The molecule has 0 atom stereocenters. The van der Waals surface area contributed by atoms with Crippen LogP contribution in [0.25, 0.3) is 16.6 Å². The standard InChI is InChI=1S/C22H18F2N6/c23-14-3-6-16(7-4-14)30-22(26)18(13-25)20(29-30)2-1-10-27-19-9-11-28-21-12-15(24)5-8-17(19)21/h3-9,11-12H,1-2,10,26H2,(H,27,28). The van der Waals surface area contributed by atoms with Crippen LogP contribution in [0.2, 0.25) is 0 Å². The van der Waals surface area contributed by atoms with Crippen LogP contribution in [0.1, 0.15) is 17.7 Å². The minimum absolute atomic E-state index is 0.231. The average Bonchev–Trinajstić information content (AvgIpc) is 3.06. The lowest BCUT2D eigenvalue weighted by Gasteiger charge is -2.09. The number of aromatic nitrogens is 3. The maximum Gasteiger partial charge on any atom is 0.145 e. The fourth-order valence-electron chi connectivity index (χ4n) is 3.31. The second-order valence-corrected chi connectivity index (χ2v) is 6.76. The smallest absolute Gasteiger partial charge is 0.145 e. The number of nitriles is 1. The van der Waals surface area contributed by atoms with E-state index >= 15 is 0 Å². The summed E-state index contributed by atoms with van der Waals surface area (Å²) in [4.78, 5) is 4.18. The van der Waals surface area contributed by atoms with Crippen molar-refractivity contribution in [1.82, 2.24) is 14.8 Å². The maximum absolute atomic E-state index is 13.4. The van der Waals surface area contributed by atoms with Crippen LogP contribution in [0.4, 0.5) is 20.3 Å². The second-order valence-electron chi connectivity index (χ2n) is 6.76. The van der Waals surface area contributed by atoms with Crippen molar-refractivity contribution in [1.29, 1.82) is 5.26 Å². The number of rotatable bonds is 6. The lowest BCUT2D eigenvalue weighted by atomic mass is 10.1. The van der Waals surface area contributed by atoms with Gasteiger partial charge < -0.3 is 11.1 Å². The third kappa shape index (κ3) is 3.78. The van der Waals surface area contributed by atoms with E-state index in [4.69, 9.17) is 5.73 Å². The van der Waals surface area contributed by atoms with E-state index in [0.29, 0.717) is 41.8 Å². The third-order valence-electron chi connectivity index (χ3n) is 4.79. The minimum Gasteiger partial charge on any atom is -0.384 e. The molecule has 0 saturated carbocycles. The Kier molecular flexibility index (Phi) is 5.26. The van der Waals surface area contributed by atoms with Crippen molar-refractivity contribution in [3.63, 3.8) is 0 Å². The Morgan fingerprint density at radius 3 is 2.60 bits per heavy atom. The van der Waals surface area contributed by atoms with Gasteiger partial charge in [-0.3, -0.25) is 4.98 Å². The highest BCUT2D eigenvalue weighted by Gasteiger charge is 2.16. The SMILES string of the molecule is N#Cc1c(CCCNc2ccnc3cc(F)ccc23)nn(-c2ccc(F)cc2)c1N. The van der Waals surface area contributed by atoms with E-state index in [9.17, 15) is 14.0 Å². The van der Waals surface area contributed by atoms with Crippen LogP contribution in [0.5, 0.6) is 0 Å². The summed E-state index contributed by atoms with van der Waals surface area (Å²) in [5, 5.41) is 18.1. The third-order valence-corrected chi connectivity index (χ3v) is 4.79. The van der Waals surface area contributed by atoms with Crippen molar-refractivity contribution >= 4 is 22.4 Å². The molecule has 2 heterocycles. The van der Waals surface area contributed by atoms with Gasteiger partial charge in [0.1, 0.15) is 29.1 Å². The summed E-state index contributed by atoms with van der Waals surface area (Å²) in [5.41, 5.74) is 9.02. The van der Waals surface area contributed by atoms with E-state index in [0.717, 1.165) is 11.1 Å². The van der Waals surface area contributed by atoms with Crippen LogP contribution in [-0.4, -0.2) is 21.3 Å². The number of nitrogens with zero attached hydrogens (tertiary/aromatic N) is 4. The summed E-state index contributed by atoms with van der Waals surface area (Å²) in [6, 6.07) is 14.2. The minimum atomic E-state index is -0.359. The topological polar surface area (TPSA) is 92.5 Å². The Morgan fingerprint density at radius 1 is 1.07 bits per heavy atom. The first-order chi connectivity index (χ1) is 14.6. The molecule has 6 nitrogen and oxygen atoms in total. The fourth-order valence-corrected chi connectivity index (χ4v) is 3.31. The number of hydrogen-bond donors (Lipinski definition) is 2. The normalized spacial score (nSPS) is 10.8. The number of halogens is 2. The zero-order valence-electron chi connectivity index (χ0n) is 15.9. The molecule has 0 aliphatic rings. The second kappa shape index (κ2) is 8.17. The molecule has 2 aromatic carbocycles. The quantitative estimate of drug-likeness (QED) is 0.470. The first-order valence-corrected chi connectivity index (χ1v) is 9.38. The Bertz CT molecular complexity index is 1240. The lowest BCUT2D eigenvalue weighted by molar-refractivity contribution is 0.627. The zero-order chi connectivity index (χ0) is 21.1. The van der Waals surface area contributed by atoms with Crippen molar-refractivity contribution in [3.8, 4) is 11.8 Å². The van der Waals surface area contributed by atoms with Gasteiger partial charge in [-0.05, 0) is 55.3 Å². The van der Waals surface area contributed by atoms with Crippen molar-refractivity contribution in [3.05, 3.63) is 77.6 Å². The molecule has 30 heavy (non-hydrogen) atoms. The molecule has 0 aliphatic carbocycles. The van der Waals surface area contributed by atoms with Gasteiger partial charge in [-0.15, -0.1) is 0 Å². The molecule has 150 valence electrons. The number of benzene rings is 2. The number of fused-ring (bicyclic) bond motifs is 1. The van der Waals surface area contributed by atoms with Gasteiger partial charge in [0.25, 0.3) is 0 Å². The number of pyridine rings is 1. The van der Waals surface area contributed by atoms with E-state index in [2.05, 4.69) is 21.5 Å². The highest BCUT2D eigenvalue weighted by molar-refractivity contribution is 5.90. The molecule has 8 heteroatoms. The van der Waals surface area contributed by atoms with Crippen molar-refractivity contribution in [2.75, 3.05) is 17.6 Å². The van der Waals surface area contributed by atoms with Gasteiger partial charge >= 0.3 is 0 Å². The van der Waals surface area contributed by atoms with E-state index in [1.807, 2.05) is 6.07 Å². The first kappa shape index (κ1) is 19.3. The zero-order valence-corrected chi connectivity index (χ0v) is 15.9. The monoisotopic (exact) mass is 404 g/mol. The number of nitrogens with one attached hydrogen (secondary N) is 1. The lowest BCUT2D eigenvalue weighted by Crippen LogP contribution is -2.05. The van der Waals surface area contributed by atoms with E-state index in [-0.39, 0.29) is 17.5 Å². The van der Waals surface area contributed by atoms with Crippen LogP contribution in [0, 0.1) is 23.0 Å². The molecule has 4 rings (SSSR count). The first-order valence-electron chi connectivity index (χ1n) is 9.38. The molecular formula is C22H18F2N6. The highest BCUT2D eigenvalue weighted by Crippen LogP contribution is 2.24. The van der Waals surface area contributed by atoms with Crippen LogP contribution in [0.3, 0.4) is 0 Å². The van der Waals surface area contributed by atoms with Gasteiger partial charge in [0.15, 0.2) is 0 Å². The summed E-state index contributed by atoms with van der Waals surface area (Å²) < 4.78 is 28.0. The molecule has 0 radical (unpaired) electrons. The van der Waals surface area contributed by atoms with Gasteiger partial charge in [0.2, 0.25) is 0 Å². The molecule has 0 fully saturated rings. The molecule has 0 saturated heterocycles. The van der Waals surface area contributed by atoms with Crippen molar-refractivity contribution in [2.24, 2.45) is 0 Å². The Balaban J connectivity index is 1.46. The van der Waals surface area contributed by atoms with Crippen LogP contribution < -0.4 is 11.1 Å². The van der Waals surface area contributed by atoms with E-state index in [1.165, 1.54) is 28.9 Å². The molecule has 0 bridgehead atoms. The van der Waals surface area contributed by atoms with Gasteiger partial charge in [0.05, 0.1) is 16.9 Å². The Morgan fingerprint density at radius 2 is 1.83 bits per heavy atom. The Hall–Kier alpha value is -3.99. The number of nitrogens with two attached hydrogens (primary N) is 1. The molecule has 4 aromatic rings. The Labute approximate surface area is 171 Å². The summed E-state index contributed by atoms with van der Waals surface area (Å²) in [7, 11) is 0. The molecule has 0 spiro atoms. The van der Waals surface area contributed by atoms with Crippen molar-refractivity contribution < 1.29 is 8.78 Å². The number of hydrogen-bond acceptors (Lipinski definition) is 5. The predicted molar refractivity (Wildman–Crippen MR) is 111 cm³/mol. The van der Waals surface area contributed by atoms with Crippen LogP contribution in [0.15, 0.2) is 54.7 Å². The number of anilines is 2. The van der Waals surface area contributed by atoms with Gasteiger partial charge in [0, 0.05) is 29.9 Å². The van der Waals surface area contributed by atoms with Crippen LogP contribution in [-0.2, 0) is 6.42 Å². The van der Waals surface area contributed by atoms with Gasteiger partial charge in [-0.1, -0.05) is 0 Å². The summed E-state index contributed by atoms with van der Waals surface area (Å²) in [5.74, 6) is -0.456. The van der Waals surface area contributed by atoms with Gasteiger partial charge in [-0.2, -0.15) is 10.4 Å². The summed E-state index contributed by atoms with van der Waals surface area (Å²) in [6.45, 7) is 0.616. The van der Waals surface area contributed by atoms with Crippen molar-refractivity contribution in [2.45, 2.75) is 12.8 Å². The molecule has 0 amide bonds. The molecule has 3 N–H and O–H groups in total. The highest BCUT2D eigenvalue weighted by atomic mass is 19.1.